The molecular formula is C15H20N6O2S. The van der Waals surface area contributed by atoms with Gasteiger partial charge in [0.05, 0.1) is 23.0 Å². The van der Waals surface area contributed by atoms with Crippen LogP contribution in [0.5, 0.6) is 0 Å². The van der Waals surface area contributed by atoms with Crippen molar-refractivity contribution in [1.29, 1.82) is 0 Å². The number of aromatic nitrogens is 2. The summed E-state index contributed by atoms with van der Waals surface area (Å²) in [6.07, 6.45) is 3.00. The summed E-state index contributed by atoms with van der Waals surface area (Å²) in [5.74, 6) is 0.402. The Labute approximate surface area is 141 Å². The van der Waals surface area contributed by atoms with Crippen LogP contribution in [0.1, 0.15) is 0 Å². The number of piperazine rings is 1. The summed E-state index contributed by atoms with van der Waals surface area (Å²) in [6.45, 7) is 2.51. The van der Waals surface area contributed by atoms with Crippen LogP contribution in [0.2, 0.25) is 0 Å². The standard InChI is InChI=1S/C15H20N6O2S/c1-20-6-8-21(9-7-20)24(22,23)14-4-2-13(3-5-14)19-15-17-10-12(16)11-18-15/h2-5,10-11H,6-9,16H2,1H3,(H,17,18,19). The van der Waals surface area contributed by atoms with Gasteiger partial charge in [0.15, 0.2) is 0 Å². The first-order valence-electron chi connectivity index (χ1n) is 7.58. The number of rotatable bonds is 4. The lowest BCUT2D eigenvalue weighted by atomic mass is 10.3. The second kappa shape index (κ2) is 6.71. The molecule has 0 aliphatic carbocycles. The molecule has 8 nitrogen and oxygen atoms in total. The zero-order valence-electron chi connectivity index (χ0n) is 13.4. The second-order valence-corrected chi connectivity index (χ2v) is 7.63. The lowest BCUT2D eigenvalue weighted by molar-refractivity contribution is 0.222. The van der Waals surface area contributed by atoms with Crippen LogP contribution in [0.15, 0.2) is 41.6 Å². The van der Waals surface area contributed by atoms with E-state index in [1.165, 1.54) is 16.7 Å². The number of nitrogens with two attached hydrogens (primary N) is 1. The molecule has 1 aliphatic rings. The Balaban J connectivity index is 1.72. The molecule has 3 N–H and O–H groups in total. The van der Waals surface area contributed by atoms with Crippen LogP contribution in [0, 0.1) is 0 Å². The highest BCUT2D eigenvalue weighted by molar-refractivity contribution is 7.89. The minimum Gasteiger partial charge on any atom is -0.396 e. The Morgan fingerprint density at radius 3 is 2.21 bits per heavy atom. The smallest absolute Gasteiger partial charge is 0.243 e. The van der Waals surface area contributed by atoms with Gasteiger partial charge in [-0.1, -0.05) is 0 Å². The fourth-order valence-electron chi connectivity index (χ4n) is 2.42. The predicted molar refractivity (Wildman–Crippen MR) is 92.4 cm³/mol. The highest BCUT2D eigenvalue weighted by Gasteiger charge is 2.27. The van der Waals surface area contributed by atoms with Crippen molar-refractivity contribution in [3.05, 3.63) is 36.7 Å². The Hall–Kier alpha value is -2.23. The number of benzene rings is 1. The number of anilines is 3. The first-order chi connectivity index (χ1) is 11.4. The van der Waals surface area contributed by atoms with E-state index in [0.717, 1.165) is 13.1 Å². The van der Waals surface area contributed by atoms with E-state index in [4.69, 9.17) is 5.73 Å². The average molecular weight is 348 g/mol. The quantitative estimate of drug-likeness (QED) is 0.839. The molecule has 0 amide bonds. The van der Waals surface area contributed by atoms with E-state index in [-0.39, 0.29) is 4.90 Å². The molecule has 1 aromatic heterocycles. The van der Waals surface area contributed by atoms with Crippen molar-refractivity contribution in [3.63, 3.8) is 0 Å². The fourth-order valence-corrected chi connectivity index (χ4v) is 3.84. The zero-order chi connectivity index (χ0) is 17.2. The van der Waals surface area contributed by atoms with E-state index in [9.17, 15) is 8.42 Å². The van der Waals surface area contributed by atoms with Gasteiger partial charge in [-0.25, -0.2) is 18.4 Å². The van der Waals surface area contributed by atoms with Crippen LogP contribution in [-0.4, -0.2) is 60.8 Å². The summed E-state index contributed by atoms with van der Waals surface area (Å²) in [5.41, 5.74) is 6.73. The van der Waals surface area contributed by atoms with Crippen molar-refractivity contribution in [1.82, 2.24) is 19.2 Å². The van der Waals surface area contributed by atoms with Crippen LogP contribution < -0.4 is 11.1 Å². The van der Waals surface area contributed by atoms with Crippen molar-refractivity contribution in [2.75, 3.05) is 44.3 Å². The Morgan fingerprint density at radius 2 is 1.62 bits per heavy atom. The van der Waals surface area contributed by atoms with E-state index in [2.05, 4.69) is 20.2 Å². The van der Waals surface area contributed by atoms with Crippen LogP contribution in [0.4, 0.5) is 17.3 Å². The largest absolute Gasteiger partial charge is 0.396 e. The summed E-state index contributed by atoms with van der Waals surface area (Å²) in [6, 6.07) is 6.58. The van der Waals surface area contributed by atoms with E-state index in [1.54, 1.807) is 24.3 Å². The molecule has 3 rings (SSSR count). The molecule has 1 aromatic carbocycles. The molecule has 1 aliphatic heterocycles. The maximum absolute atomic E-state index is 12.6. The minimum atomic E-state index is -3.45. The first-order valence-corrected chi connectivity index (χ1v) is 9.02. The Kier molecular flexibility index (Phi) is 4.65. The molecule has 24 heavy (non-hydrogen) atoms. The maximum Gasteiger partial charge on any atom is 0.243 e. The van der Waals surface area contributed by atoms with E-state index < -0.39 is 10.0 Å². The molecule has 0 radical (unpaired) electrons. The van der Waals surface area contributed by atoms with Crippen LogP contribution in [0.3, 0.4) is 0 Å². The molecule has 128 valence electrons. The van der Waals surface area contributed by atoms with Crippen LogP contribution >= 0.6 is 0 Å². The lowest BCUT2D eigenvalue weighted by Crippen LogP contribution is -2.46. The topological polar surface area (TPSA) is 104 Å². The molecule has 2 heterocycles. The number of hydrogen-bond acceptors (Lipinski definition) is 7. The van der Waals surface area contributed by atoms with Gasteiger partial charge in [0.25, 0.3) is 0 Å². The van der Waals surface area contributed by atoms with Crippen molar-refractivity contribution < 1.29 is 8.42 Å². The molecule has 0 spiro atoms. The number of hydrogen-bond donors (Lipinski definition) is 2. The molecular weight excluding hydrogens is 328 g/mol. The number of nitrogens with zero attached hydrogens (tertiary/aromatic N) is 4. The first kappa shape index (κ1) is 16.6. The maximum atomic E-state index is 12.6. The second-order valence-electron chi connectivity index (χ2n) is 5.70. The van der Waals surface area contributed by atoms with Gasteiger partial charge in [-0.3, -0.25) is 0 Å². The van der Waals surface area contributed by atoms with Crippen molar-refractivity contribution in [2.24, 2.45) is 0 Å². The zero-order valence-corrected chi connectivity index (χ0v) is 14.2. The highest BCUT2D eigenvalue weighted by atomic mass is 32.2. The molecule has 1 saturated heterocycles. The van der Waals surface area contributed by atoms with Gasteiger partial charge in [-0.05, 0) is 31.3 Å². The van der Waals surface area contributed by atoms with Gasteiger partial charge < -0.3 is 16.0 Å². The van der Waals surface area contributed by atoms with Crippen LogP contribution in [0.25, 0.3) is 0 Å². The molecule has 2 aromatic rings. The normalized spacial score (nSPS) is 16.9. The van der Waals surface area contributed by atoms with Gasteiger partial charge >= 0.3 is 0 Å². The monoisotopic (exact) mass is 348 g/mol. The molecule has 0 unspecified atom stereocenters. The van der Waals surface area contributed by atoms with Gasteiger partial charge in [0.1, 0.15) is 0 Å². The summed E-state index contributed by atoms with van der Waals surface area (Å²) < 4.78 is 26.8. The van der Waals surface area contributed by atoms with Crippen LogP contribution in [-0.2, 0) is 10.0 Å². The third-order valence-electron chi connectivity index (χ3n) is 3.88. The predicted octanol–water partition coefficient (Wildman–Crippen LogP) is 0.738. The number of likely N-dealkylation sites (N-methyl/N-ethyl adjacent to an activating group) is 1. The molecule has 0 saturated carbocycles. The molecule has 0 atom stereocenters. The van der Waals surface area contributed by atoms with E-state index in [0.29, 0.717) is 30.4 Å². The van der Waals surface area contributed by atoms with Crippen molar-refractivity contribution in [2.45, 2.75) is 4.90 Å². The van der Waals surface area contributed by atoms with Gasteiger partial charge in [-0.2, -0.15) is 4.31 Å². The summed E-state index contributed by atoms with van der Waals surface area (Å²) in [4.78, 5) is 10.5. The lowest BCUT2D eigenvalue weighted by Gasteiger charge is -2.31. The number of sulfonamides is 1. The highest BCUT2D eigenvalue weighted by Crippen LogP contribution is 2.21. The van der Waals surface area contributed by atoms with Gasteiger partial charge in [-0.15, -0.1) is 0 Å². The van der Waals surface area contributed by atoms with E-state index in [1.807, 2.05) is 7.05 Å². The minimum absolute atomic E-state index is 0.288. The third-order valence-corrected chi connectivity index (χ3v) is 5.80. The van der Waals surface area contributed by atoms with E-state index >= 15 is 0 Å². The van der Waals surface area contributed by atoms with Gasteiger partial charge in [0, 0.05) is 31.9 Å². The number of nitrogen functional groups attached to an aromatic ring is 1. The third kappa shape index (κ3) is 3.64. The summed E-state index contributed by atoms with van der Waals surface area (Å²) in [7, 11) is -1.46. The Morgan fingerprint density at radius 1 is 1.04 bits per heavy atom. The summed E-state index contributed by atoms with van der Waals surface area (Å²) >= 11 is 0. The summed E-state index contributed by atoms with van der Waals surface area (Å²) in [5, 5.41) is 3.00. The molecule has 0 bridgehead atoms. The molecule has 1 fully saturated rings. The van der Waals surface area contributed by atoms with Gasteiger partial charge in [0.2, 0.25) is 16.0 Å². The SMILES string of the molecule is CN1CCN(S(=O)(=O)c2ccc(Nc3ncc(N)cn3)cc2)CC1. The average Bonchev–Trinajstić information content (AvgIpc) is 2.58. The fraction of sp³-hybridized carbons (Fsp3) is 0.333. The number of nitrogens with one attached hydrogen (secondary N) is 1. The van der Waals surface area contributed by atoms with Crippen molar-refractivity contribution in [3.8, 4) is 0 Å². The van der Waals surface area contributed by atoms with Crippen molar-refractivity contribution >= 4 is 27.3 Å². The molecule has 9 heteroatoms. The Bertz CT molecular complexity index is 784.